The molecule has 114 valence electrons. The van der Waals surface area contributed by atoms with Crippen LogP contribution in [0, 0.1) is 0 Å². The molecule has 0 radical (unpaired) electrons. The minimum absolute atomic E-state index is 0.0906. The number of hydrogen-bond donors (Lipinski definition) is 3. The van der Waals surface area contributed by atoms with Crippen LogP contribution in [0.3, 0.4) is 0 Å². The number of hydrogen-bond acceptors (Lipinski definition) is 5. The third-order valence-corrected chi connectivity index (χ3v) is 3.50. The molecule has 0 saturated heterocycles. The third kappa shape index (κ3) is 2.53. The number of benzene rings is 1. The molecule has 4 aromatic rings. The highest BCUT2D eigenvalue weighted by Crippen LogP contribution is 2.22. The number of rotatable bonds is 4. The Morgan fingerprint density at radius 3 is 2.83 bits per heavy atom. The molecular weight excluding hydrogens is 292 g/mol. The van der Waals surface area contributed by atoms with Crippen LogP contribution in [-0.4, -0.2) is 29.7 Å². The molecule has 4 rings (SSSR count). The number of aromatic amines is 1. The molecular formula is C16H14N6O. The molecule has 0 saturated carbocycles. The van der Waals surface area contributed by atoms with Gasteiger partial charge < -0.3 is 10.4 Å². The van der Waals surface area contributed by atoms with Gasteiger partial charge in [-0.2, -0.15) is 5.10 Å². The maximum atomic E-state index is 9.12. The number of nitrogens with one attached hydrogen (secondary N) is 2. The highest BCUT2D eigenvalue weighted by molar-refractivity contribution is 5.67. The van der Waals surface area contributed by atoms with Gasteiger partial charge in [0, 0.05) is 30.1 Å². The summed E-state index contributed by atoms with van der Waals surface area (Å²) < 4.78 is 1.85. The summed E-state index contributed by atoms with van der Waals surface area (Å²) in [4.78, 5) is 9.01. The van der Waals surface area contributed by atoms with Gasteiger partial charge in [-0.25, -0.2) is 9.97 Å². The summed E-state index contributed by atoms with van der Waals surface area (Å²) in [5.74, 6) is 1.19. The summed E-state index contributed by atoms with van der Waals surface area (Å²) in [6, 6.07) is 13.6. The lowest BCUT2D eigenvalue weighted by Crippen LogP contribution is -2.02. The lowest BCUT2D eigenvalue weighted by atomic mass is 10.1. The number of H-pyrrole nitrogens is 1. The summed E-state index contributed by atoms with van der Waals surface area (Å²) in [5, 5.41) is 19.1. The Morgan fingerprint density at radius 2 is 2.04 bits per heavy atom. The third-order valence-electron chi connectivity index (χ3n) is 3.50. The van der Waals surface area contributed by atoms with Gasteiger partial charge in [-0.1, -0.05) is 30.3 Å². The SMILES string of the molecule is OCc1cc(Nc2nc(-c3ccccc3)cc3nccn23)n[nH]1. The first kappa shape index (κ1) is 13.5. The van der Waals surface area contributed by atoms with Crippen LogP contribution >= 0.6 is 0 Å². The van der Waals surface area contributed by atoms with E-state index in [0.717, 1.165) is 16.9 Å². The van der Waals surface area contributed by atoms with E-state index in [9.17, 15) is 0 Å². The number of aromatic nitrogens is 5. The summed E-state index contributed by atoms with van der Waals surface area (Å²) in [6.45, 7) is -0.0906. The van der Waals surface area contributed by atoms with Crippen molar-refractivity contribution in [2.75, 3.05) is 5.32 Å². The summed E-state index contributed by atoms with van der Waals surface area (Å²) >= 11 is 0. The van der Waals surface area contributed by atoms with Crippen molar-refractivity contribution in [1.29, 1.82) is 0 Å². The van der Waals surface area contributed by atoms with Crippen molar-refractivity contribution in [2.24, 2.45) is 0 Å². The lowest BCUT2D eigenvalue weighted by Gasteiger charge is -2.08. The van der Waals surface area contributed by atoms with Gasteiger partial charge in [0.05, 0.1) is 18.0 Å². The van der Waals surface area contributed by atoms with E-state index in [-0.39, 0.29) is 6.61 Å². The molecule has 0 fully saturated rings. The van der Waals surface area contributed by atoms with Gasteiger partial charge >= 0.3 is 0 Å². The molecule has 3 aromatic heterocycles. The molecule has 0 bridgehead atoms. The molecule has 0 aliphatic rings. The lowest BCUT2D eigenvalue weighted by molar-refractivity contribution is 0.276. The van der Waals surface area contributed by atoms with Gasteiger partial charge in [0.2, 0.25) is 5.95 Å². The van der Waals surface area contributed by atoms with Crippen molar-refractivity contribution in [3.63, 3.8) is 0 Å². The van der Waals surface area contributed by atoms with Crippen LogP contribution in [0.4, 0.5) is 11.8 Å². The number of aliphatic hydroxyl groups excluding tert-OH is 1. The molecule has 0 spiro atoms. The second kappa shape index (κ2) is 5.54. The van der Waals surface area contributed by atoms with E-state index in [2.05, 4.69) is 25.5 Å². The molecule has 3 N–H and O–H groups in total. The fraction of sp³-hybridized carbons (Fsp3) is 0.0625. The van der Waals surface area contributed by atoms with E-state index < -0.39 is 0 Å². The topological polar surface area (TPSA) is 91.1 Å². The Hall–Kier alpha value is -3.19. The predicted octanol–water partition coefficient (Wildman–Crippen LogP) is 2.36. The first-order valence-corrected chi connectivity index (χ1v) is 7.15. The van der Waals surface area contributed by atoms with Gasteiger partial charge in [0.1, 0.15) is 5.65 Å². The zero-order valence-corrected chi connectivity index (χ0v) is 12.1. The largest absolute Gasteiger partial charge is 0.390 e. The fourth-order valence-corrected chi connectivity index (χ4v) is 2.39. The van der Waals surface area contributed by atoms with Crippen molar-refractivity contribution >= 4 is 17.4 Å². The zero-order valence-electron chi connectivity index (χ0n) is 12.1. The summed E-state index contributed by atoms with van der Waals surface area (Å²) in [5.41, 5.74) is 3.26. The minimum atomic E-state index is -0.0906. The molecule has 0 atom stereocenters. The van der Waals surface area contributed by atoms with Crippen molar-refractivity contribution in [3.8, 4) is 11.3 Å². The predicted molar refractivity (Wildman–Crippen MR) is 86.2 cm³/mol. The highest BCUT2D eigenvalue weighted by atomic mass is 16.3. The second-order valence-corrected chi connectivity index (χ2v) is 5.05. The van der Waals surface area contributed by atoms with Gasteiger partial charge in [-0.05, 0) is 0 Å². The smallest absolute Gasteiger partial charge is 0.214 e. The zero-order chi connectivity index (χ0) is 15.6. The molecule has 0 aliphatic carbocycles. The van der Waals surface area contributed by atoms with Crippen LogP contribution in [0.2, 0.25) is 0 Å². The average Bonchev–Trinajstić information content (AvgIpc) is 3.24. The van der Waals surface area contributed by atoms with Crippen LogP contribution in [0.5, 0.6) is 0 Å². The second-order valence-electron chi connectivity index (χ2n) is 5.05. The van der Waals surface area contributed by atoms with Crippen LogP contribution in [-0.2, 0) is 6.61 Å². The molecule has 0 aliphatic heterocycles. The summed E-state index contributed by atoms with van der Waals surface area (Å²) in [6.07, 6.45) is 3.56. The maximum absolute atomic E-state index is 9.12. The van der Waals surface area contributed by atoms with E-state index in [1.165, 1.54) is 0 Å². The van der Waals surface area contributed by atoms with Gasteiger partial charge in [0.15, 0.2) is 5.82 Å². The van der Waals surface area contributed by atoms with E-state index in [4.69, 9.17) is 5.11 Å². The average molecular weight is 306 g/mol. The van der Waals surface area contributed by atoms with Crippen LogP contribution in [0.1, 0.15) is 5.69 Å². The molecule has 7 heteroatoms. The Balaban J connectivity index is 1.79. The molecule has 3 heterocycles. The van der Waals surface area contributed by atoms with E-state index in [0.29, 0.717) is 17.5 Å². The van der Waals surface area contributed by atoms with Gasteiger partial charge in [0.25, 0.3) is 0 Å². The monoisotopic (exact) mass is 306 g/mol. The normalized spacial score (nSPS) is 11.0. The van der Waals surface area contributed by atoms with Crippen LogP contribution in [0.15, 0.2) is 54.9 Å². The van der Waals surface area contributed by atoms with Crippen molar-refractivity contribution in [2.45, 2.75) is 6.61 Å². The van der Waals surface area contributed by atoms with Crippen molar-refractivity contribution in [1.82, 2.24) is 24.6 Å². The maximum Gasteiger partial charge on any atom is 0.214 e. The quantitative estimate of drug-likeness (QED) is 0.538. The van der Waals surface area contributed by atoms with E-state index in [1.807, 2.05) is 47.0 Å². The number of imidazole rings is 1. The molecule has 7 nitrogen and oxygen atoms in total. The van der Waals surface area contributed by atoms with E-state index in [1.54, 1.807) is 12.3 Å². The number of anilines is 2. The molecule has 0 amide bonds. The molecule has 23 heavy (non-hydrogen) atoms. The molecule has 0 unspecified atom stereocenters. The first-order chi connectivity index (χ1) is 11.3. The Labute approximate surface area is 131 Å². The Bertz CT molecular complexity index is 944. The fourth-order valence-electron chi connectivity index (χ4n) is 2.39. The minimum Gasteiger partial charge on any atom is -0.390 e. The standard InChI is InChI=1S/C16H14N6O/c23-10-12-8-14(21-20-12)19-16-18-13(11-4-2-1-3-5-11)9-15-17-6-7-22(15)16/h1-9,23H,10H2,(H2,18,19,20,21). The van der Waals surface area contributed by atoms with Gasteiger partial charge in [-0.3, -0.25) is 9.50 Å². The van der Waals surface area contributed by atoms with Crippen molar-refractivity contribution in [3.05, 3.63) is 60.6 Å². The first-order valence-electron chi connectivity index (χ1n) is 7.15. The van der Waals surface area contributed by atoms with Crippen LogP contribution in [0.25, 0.3) is 16.9 Å². The number of nitrogens with zero attached hydrogens (tertiary/aromatic N) is 4. The molecule has 1 aromatic carbocycles. The van der Waals surface area contributed by atoms with Crippen LogP contribution < -0.4 is 5.32 Å². The Morgan fingerprint density at radius 1 is 1.17 bits per heavy atom. The number of aliphatic hydroxyl groups is 1. The highest BCUT2D eigenvalue weighted by Gasteiger charge is 2.10. The Kier molecular flexibility index (Phi) is 3.25. The number of fused-ring (bicyclic) bond motifs is 1. The van der Waals surface area contributed by atoms with Gasteiger partial charge in [-0.15, -0.1) is 0 Å². The van der Waals surface area contributed by atoms with Crippen molar-refractivity contribution < 1.29 is 5.11 Å². The summed E-state index contributed by atoms with van der Waals surface area (Å²) in [7, 11) is 0. The van der Waals surface area contributed by atoms with E-state index >= 15 is 0 Å².